The molecule has 0 aromatic rings. The number of aliphatic hydroxyl groups is 1. The van der Waals surface area contributed by atoms with Gasteiger partial charge >= 0.3 is 12.2 Å². The fraction of sp³-hybridized carbons (Fsp3) is 0.929. The number of carbonyl (C=O) groups excluding carboxylic acids is 1. The molecule has 2 unspecified atom stereocenters. The van der Waals surface area contributed by atoms with E-state index in [0.717, 1.165) is 0 Å². The molecule has 2 rings (SSSR count). The lowest BCUT2D eigenvalue weighted by Gasteiger charge is -2.40. The zero-order valence-electron chi connectivity index (χ0n) is 12.8. The highest BCUT2D eigenvalue weighted by molar-refractivity contribution is 5.74. The number of amides is 2. The van der Waals surface area contributed by atoms with Crippen molar-refractivity contribution in [2.24, 2.45) is 0 Å². The van der Waals surface area contributed by atoms with Gasteiger partial charge < -0.3 is 20.1 Å². The van der Waals surface area contributed by atoms with E-state index < -0.39 is 24.6 Å². The molecule has 0 aliphatic carbocycles. The molecule has 0 aromatic heterocycles. The molecule has 128 valence electrons. The minimum Gasteiger partial charge on any atom is -0.380 e. The molecule has 0 saturated carbocycles. The van der Waals surface area contributed by atoms with E-state index in [2.05, 4.69) is 5.32 Å². The standard InChI is InChI=1S/C14H23F3N2O3/c1-9-7-11(8-10(2)22-9)18-12(20)19-5-3-13(21,4-6-19)14(15,16)17/h9-11,21H,3-8H2,1-2H3,(H,18,20). The summed E-state index contributed by atoms with van der Waals surface area (Å²) in [6.45, 7) is 3.66. The summed E-state index contributed by atoms with van der Waals surface area (Å²) in [5.41, 5.74) is -2.68. The van der Waals surface area contributed by atoms with Crippen LogP contribution in [0.15, 0.2) is 0 Å². The number of nitrogens with zero attached hydrogens (tertiary/aromatic N) is 1. The van der Waals surface area contributed by atoms with E-state index in [4.69, 9.17) is 4.74 Å². The van der Waals surface area contributed by atoms with Crippen molar-refractivity contribution in [2.75, 3.05) is 13.1 Å². The van der Waals surface area contributed by atoms with Gasteiger partial charge in [0.25, 0.3) is 0 Å². The fourth-order valence-electron chi connectivity index (χ4n) is 3.15. The summed E-state index contributed by atoms with van der Waals surface area (Å²) in [4.78, 5) is 13.5. The molecular weight excluding hydrogens is 301 g/mol. The second-order valence-corrected chi connectivity index (χ2v) is 6.39. The molecule has 2 saturated heterocycles. The predicted molar refractivity (Wildman–Crippen MR) is 73.4 cm³/mol. The first-order valence-corrected chi connectivity index (χ1v) is 7.61. The number of piperidine rings is 1. The maximum Gasteiger partial charge on any atom is 0.417 e. The van der Waals surface area contributed by atoms with Gasteiger partial charge in [0.2, 0.25) is 0 Å². The topological polar surface area (TPSA) is 61.8 Å². The third-order valence-corrected chi connectivity index (χ3v) is 4.43. The Labute approximate surface area is 127 Å². The van der Waals surface area contributed by atoms with Crippen LogP contribution in [-0.2, 0) is 4.74 Å². The van der Waals surface area contributed by atoms with Crippen LogP contribution in [0, 0.1) is 0 Å². The molecule has 8 heteroatoms. The van der Waals surface area contributed by atoms with Gasteiger partial charge in [-0.05, 0) is 26.7 Å². The monoisotopic (exact) mass is 324 g/mol. The maximum atomic E-state index is 12.7. The summed E-state index contributed by atoms with van der Waals surface area (Å²) >= 11 is 0. The van der Waals surface area contributed by atoms with E-state index in [1.165, 1.54) is 4.90 Å². The van der Waals surface area contributed by atoms with Crippen molar-refractivity contribution >= 4 is 6.03 Å². The second kappa shape index (κ2) is 6.23. The third-order valence-electron chi connectivity index (χ3n) is 4.43. The van der Waals surface area contributed by atoms with Gasteiger partial charge in [0.05, 0.1) is 12.2 Å². The predicted octanol–water partition coefficient (Wildman–Crippen LogP) is 2.04. The summed E-state index contributed by atoms with van der Waals surface area (Å²) in [7, 11) is 0. The van der Waals surface area contributed by atoms with Crippen molar-refractivity contribution in [3.63, 3.8) is 0 Å². The quantitative estimate of drug-likeness (QED) is 0.776. The minimum atomic E-state index is -4.65. The molecule has 0 aromatic carbocycles. The zero-order valence-corrected chi connectivity index (χ0v) is 12.8. The number of alkyl halides is 3. The van der Waals surface area contributed by atoms with Crippen LogP contribution >= 0.6 is 0 Å². The SMILES string of the molecule is CC1CC(NC(=O)N2CCC(O)(C(F)(F)F)CC2)CC(C)O1. The number of carbonyl (C=O) groups is 1. The molecule has 2 atom stereocenters. The second-order valence-electron chi connectivity index (χ2n) is 6.39. The molecule has 0 spiro atoms. The Bertz CT molecular complexity index is 399. The largest absolute Gasteiger partial charge is 0.417 e. The van der Waals surface area contributed by atoms with Crippen LogP contribution in [0.1, 0.15) is 39.5 Å². The molecule has 2 amide bonds. The van der Waals surface area contributed by atoms with E-state index in [9.17, 15) is 23.1 Å². The summed E-state index contributed by atoms with van der Waals surface area (Å²) in [6, 6.07) is -0.398. The summed E-state index contributed by atoms with van der Waals surface area (Å²) < 4.78 is 43.8. The lowest BCUT2D eigenvalue weighted by Crippen LogP contribution is -2.57. The Morgan fingerprint density at radius 3 is 2.18 bits per heavy atom. The Balaban J connectivity index is 1.85. The van der Waals surface area contributed by atoms with Crippen molar-refractivity contribution in [1.82, 2.24) is 10.2 Å². The molecule has 2 aliphatic rings. The van der Waals surface area contributed by atoms with Crippen LogP contribution in [0.4, 0.5) is 18.0 Å². The maximum absolute atomic E-state index is 12.7. The van der Waals surface area contributed by atoms with Crippen molar-refractivity contribution in [3.8, 4) is 0 Å². The van der Waals surface area contributed by atoms with Crippen molar-refractivity contribution in [3.05, 3.63) is 0 Å². The number of nitrogens with one attached hydrogen (secondary N) is 1. The number of urea groups is 1. The molecule has 5 nitrogen and oxygen atoms in total. The molecule has 0 bridgehead atoms. The molecular formula is C14H23F3N2O3. The van der Waals surface area contributed by atoms with Crippen LogP contribution < -0.4 is 5.32 Å². The number of halogens is 3. The highest BCUT2D eigenvalue weighted by Gasteiger charge is 2.55. The normalized spacial score (nSPS) is 32.6. The minimum absolute atomic E-state index is 0.0327. The summed E-state index contributed by atoms with van der Waals surface area (Å²) in [6.07, 6.45) is -4.14. The van der Waals surface area contributed by atoms with E-state index >= 15 is 0 Å². The number of likely N-dealkylation sites (tertiary alicyclic amines) is 1. The van der Waals surface area contributed by atoms with Crippen molar-refractivity contribution in [1.29, 1.82) is 0 Å². The number of ether oxygens (including phenoxy) is 1. The van der Waals surface area contributed by atoms with Gasteiger partial charge in [0.15, 0.2) is 5.60 Å². The fourth-order valence-corrected chi connectivity index (χ4v) is 3.15. The molecule has 2 heterocycles. The number of hydrogen-bond donors (Lipinski definition) is 2. The van der Waals surface area contributed by atoms with Crippen molar-refractivity contribution in [2.45, 2.75) is 69.6 Å². The van der Waals surface area contributed by atoms with Crippen molar-refractivity contribution < 1.29 is 27.8 Å². The molecule has 0 radical (unpaired) electrons. The summed E-state index contributed by atoms with van der Waals surface area (Å²) in [5, 5.41) is 12.5. The molecule has 2 fully saturated rings. The van der Waals surface area contributed by atoms with E-state index in [-0.39, 0.29) is 37.4 Å². The lowest BCUT2D eigenvalue weighted by molar-refractivity contribution is -0.271. The van der Waals surface area contributed by atoms with E-state index in [1.54, 1.807) is 0 Å². The highest BCUT2D eigenvalue weighted by Crippen LogP contribution is 2.38. The van der Waals surface area contributed by atoms with Gasteiger partial charge in [-0.2, -0.15) is 13.2 Å². The molecule has 22 heavy (non-hydrogen) atoms. The average Bonchev–Trinajstić information content (AvgIpc) is 2.36. The van der Waals surface area contributed by atoms with Gasteiger partial charge in [-0.15, -0.1) is 0 Å². The number of hydrogen-bond acceptors (Lipinski definition) is 3. The average molecular weight is 324 g/mol. The van der Waals surface area contributed by atoms with Crippen LogP contribution in [0.25, 0.3) is 0 Å². The highest BCUT2D eigenvalue weighted by atomic mass is 19.4. The molecule has 2 N–H and O–H groups in total. The van der Waals surface area contributed by atoms with Gasteiger partial charge in [-0.3, -0.25) is 0 Å². The van der Waals surface area contributed by atoms with Gasteiger partial charge in [-0.25, -0.2) is 4.79 Å². The Hall–Kier alpha value is -1.02. The van der Waals surface area contributed by atoms with Crippen LogP contribution in [0.5, 0.6) is 0 Å². The van der Waals surface area contributed by atoms with Crippen LogP contribution in [-0.4, -0.2) is 59.2 Å². The first kappa shape index (κ1) is 17.3. The first-order chi connectivity index (χ1) is 10.1. The number of rotatable bonds is 1. The lowest BCUT2D eigenvalue weighted by atomic mass is 9.91. The van der Waals surface area contributed by atoms with Gasteiger partial charge in [0.1, 0.15) is 0 Å². The summed E-state index contributed by atoms with van der Waals surface area (Å²) in [5.74, 6) is 0. The van der Waals surface area contributed by atoms with Gasteiger partial charge in [0, 0.05) is 32.0 Å². The molecule has 2 aliphatic heterocycles. The zero-order chi connectivity index (χ0) is 16.5. The van der Waals surface area contributed by atoms with Crippen LogP contribution in [0.2, 0.25) is 0 Å². The van der Waals surface area contributed by atoms with Crippen LogP contribution in [0.3, 0.4) is 0 Å². The van der Waals surface area contributed by atoms with Gasteiger partial charge in [-0.1, -0.05) is 0 Å². The third kappa shape index (κ3) is 3.84. The Kier molecular flexibility index (Phi) is 4.91. The van der Waals surface area contributed by atoms with E-state index in [1.807, 2.05) is 13.8 Å². The van der Waals surface area contributed by atoms with E-state index in [0.29, 0.717) is 12.8 Å². The first-order valence-electron chi connectivity index (χ1n) is 7.61. The Morgan fingerprint density at radius 1 is 1.23 bits per heavy atom. The Morgan fingerprint density at radius 2 is 1.73 bits per heavy atom. The smallest absolute Gasteiger partial charge is 0.380 e.